The van der Waals surface area contributed by atoms with Gasteiger partial charge in [-0.05, 0) is 23.8 Å². The van der Waals surface area contributed by atoms with Crippen LogP contribution in [0.1, 0.15) is 16.1 Å². The molecule has 0 spiro atoms. The summed E-state index contributed by atoms with van der Waals surface area (Å²) in [5.41, 5.74) is 4.03. The molecule has 9 heteroatoms. The zero-order valence-electron chi connectivity index (χ0n) is 12.6. The van der Waals surface area contributed by atoms with Gasteiger partial charge in [0.15, 0.2) is 5.69 Å². The fraction of sp³-hybridized carbons (Fsp3) is 0.133. The molecule has 1 amide bonds. The number of benzene rings is 1. The third-order valence-corrected chi connectivity index (χ3v) is 4.05. The molecular formula is C15H13Cl2N5O2. The third kappa shape index (κ3) is 3.01. The van der Waals surface area contributed by atoms with Crippen LogP contribution in [0, 0.1) is 0 Å². The minimum Gasteiger partial charge on any atom is -0.481 e. The Kier molecular flexibility index (Phi) is 4.57. The van der Waals surface area contributed by atoms with E-state index in [0.717, 1.165) is 5.56 Å². The van der Waals surface area contributed by atoms with Crippen LogP contribution in [-0.2, 0) is 6.54 Å². The Morgan fingerprint density at radius 3 is 2.79 bits per heavy atom. The first-order valence-corrected chi connectivity index (χ1v) is 7.65. The van der Waals surface area contributed by atoms with Gasteiger partial charge in [-0.2, -0.15) is 5.10 Å². The van der Waals surface area contributed by atoms with E-state index < -0.39 is 5.91 Å². The Labute approximate surface area is 147 Å². The highest BCUT2D eigenvalue weighted by molar-refractivity contribution is 6.35. The Morgan fingerprint density at radius 2 is 2.12 bits per heavy atom. The van der Waals surface area contributed by atoms with Gasteiger partial charge in [-0.25, -0.2) is 10.8 Å². The molecule has 0 unspecified atom stereocenters. The number of hydrogen-bond donors (Lipinski definition) is 2. The van der Waals surface area contributed by atoms with E-state index in [1.807, 2.05) is 0 Å². The highest BCUT2D eigenvalue weighted by Crippen LogP contribution is 2.25. The summed E-state index contributed by atoms with van der Waals surface area (Å²) in [5.74, 6) is 5.06. The molecule has 0 radical (unpaired) electrons. The van der Waals surface area contributed by atoms with Crippen molar-refractivity contribution < 1.29 is 9.53 Å². The number of nitrogen functional groups attached to an aromatic ring is 1. The average Bonchev–Trinajstić information content (AvgIpc) is 2.94. The van der Waals surface area contributed by atoms with Crippen molar-refractivity contribution >= 4 is 40.1 Å². The third-order valence-electron chi connectivity index (χ3n) is 3.46. The topological polar surface area (TPSA) is 95.1 Å². The summed E-state index contributed by atoms with van der Waals surface area (Å²) in [5, 5.41) is 5.37. The van der Waals surface area contributed by atoms with Crippen molar-refractivity contribution in [3.8, 4) is 5.88 Å². The summed E-state index contributed by atoms with van der Waals surface area (Å²) in [4.78, 5) is 16.3. The number of nitrogens with one attached hydrogen (secondary N) is 1. The number of carbonyl (C=O) groups is 1. The summed E-state index contributed by atoms with van der Waals surface area (Å²) >= 11 is 12.1. The van der Waals surface area contributed by atoms with Gasteiger partial charge >= 0.3 is 0 Å². The molecule has 0 fully saturated rings. The van der Waals surface area contributed by atoms with Gasteiger partial charge in [-0.3, -0.25) is 14.9 Å². The fourth-order valence-corrected chi connectivity index (χ4v) is 2.77. The molecule has 0 aliphatic carbocycles. The largest absolute Gasteiger partial charge is 0.481 e. The van der Waals surface area contributed by atoms with Crippen molar-refractivity contribution in [2.75, 3.05) is 7.11 Å². The Bertz CT molecular complexity index is 926. The number of amides is 1. The molecule has 3 N–H and O–H groups in total. The van der Waals surface area contributed by atoms with Crippen LogP contribution in [0.15, 0.2) is 30.3 Å². The first kappa shape index (κ1) is 16.5. The monoisotopic (exact) mass is 365 g/mol. The number of nitrogens with two attached hydrogens (primary N) is 1. The van der Waals surface area contributed by atoms with Crippen LogP contribution in [0.2, 0.25) is 10.0 Å². The highest BCUT2D eigenvalue weighted by Gasteiger charge is 2.19. The van der Waals surface area contributed by atoms with E-state index in [4.69, 9.17) is 33.8 Å². The second kappa shape index (κ2) is 6.64. The summed E-state index contributed by atoms with van der Waals surface area (Å²) < 4.78 is 6.73. The van der Waals surface area contributed by atoms with E-state index in [1.165, 1.54) is 7.11 Å². The molecule has 0 bridgehead atoms. The number of ether oxygens (including phenoxy) is 1. The van der Waals surface area contributed by atoms with E-state index >= 15 is 0 Å². The fourth-order valence-electron chi connectivity index (χ4n) is 2.31. The first-order valence-electron chi connectivity index (χ1n) is 6.90. The van der Waals surface area contributed by atoms with E-state index in [9.17, 15) is 4.79 Å². The maximum Gasteiger partial charge on any atom is 0.287 e. The number of hydrogen-bond acceptors (Lipinski definition) is 5. The number of hydrazine groups is 1. The first-order chi connectivity index (χ1) is 11.5. The van der Waals surface area contributed by atoms with E-state index in [0.29, 0.717) is 33.5 Å². The second-order valence-electron chi connectivity index (χ2n) is 4.94. The van der Waals surface area contributed by atoms with Gasteiger partial charge in [-0.15, -0.1) is 0 Å². The summed E-state index contributed by atoms with van der Waals surface area (Å²) in [6.45, 7) is 0.346. The molecule has 0 saturated heterocycles. The molecule has 3 rings (SSSR count). The number of methoxy groups -OCH3 is 1. The quantitative estimate of drug-likeness (QED) is 0.420. The average molecular weight is 366 g/mol. The van der Waals surface area contributed by atoms with Gasteiger partial charge in [0, 0.05) is 16.1 Å². The zero-order chi connectivity index (χ0) is 17.3. The van der Waals surface area contributed by atoms with Gasteiger partial charge < -0.3 is 4.74 Å². The molecule has 2 aromatic heterocycles. The molecule has 0 aliphatic rings. The van der Waals surface area contributed by atoms with Crippen molar-refractivity contribution in [1.82, 2.24) is 20.2 Å². The van der Waals surface area contributed by atoms with Crippen molar-refractivity contribution in [1.29, 1.82) is 0 Å². The standard InChI is InChI=1S/C15H13Cl2N5O2/c1-24-12-5-4-11-13(19-12)14(15(23)20-18)21-22(11)7-8-2-3-9(16)6-10(8)17/h2-6H,7,18H2,1H3,(H,20,23). The SMILES string of the molecule is COc1ccc2c(n1)c(C(=O)NN)nn2Cc1ccc(Cl)cc1Cl. The molecule has 124 valence electrons. The van der Waals surface area contributed by atoms with Gasteiger partial charge in [-0.1, -0.05) is 29.3 Å². The maximum absolute atomic E-state index is 12.0. The van der Waals surface area contributed by atoms with Gasteiger partial charge in [0.25, 0.3) is 5.91 Å². The van der Waals surface area contributed by atoms with Crippen LogP contribution in [0.5, 0.6) is 5.88 Å². The molecule has 0 atom stereocenters. The number of carbonyl (C=O) groups excluding carboxylic acids is 1. The molecule has 0 aliphatic heterocycles. The number of aromatic nitrogens is 3. The minimum atomic E-state index is -0.540. The Morgan fingerprint density at radius 1 is 1.33 bits per heavy atom. The Hall–Kier alpha value is -2.35. The lowest BCUT2D eigenvalue weighted by molar-refractivity contribution is 0.0949. The smallest absolute Gasteiger partial charge is 0.287 e. The molecular weight excluding hydrogens is 353 g/mol. The van der Waals surface area contributed by atoms with Gasteiger partial charge in [0.2, 0.25) is 5.88 Å². The van der Waals surface area contributed by atoms with Crippen molar-refractivity contribution in [3.05, 3.63) is 51.6 Å². The molecule has 0 saturated carbocycles. The van der Waals surface area contributed by atoms with Crippen molar-refractivity contribution in [3.63, 3.8) is 0 Å². The van der Waals surface area contributed by atoms with Crippen LogP contribution >= 0.6 is 23.2 Å². The second-order valence-corrected chi connectivity index (χ2v) is 5.78. The predicted octanol–water partition coefficient (Wildman–Crippen LogP) is 2.40. The van der Waals surface area contributed by atoms with Crippen LogP contribution < -0.4 is 16.0 Å². The maximum atomic E-state index is 12.0. The molecule has 1 aromatic carbocycles. The van der Waals surface area contributed by atoms with Crippen LogP contribution in [0.3, 0.4) is 0 Å². The van der Waals surface area contributed by atoms with E-state index in [1.54, 1.807) is 35.0 Å². The number of halogens is 2. The van der Waals surface area contributed by atoms with Crippen molar-refractivity contribution in [2.45, 2.75) is 6.54 Å². The summed E-state index contributed by atoms with van der Waals surface area (Å²) in [6, 6.07) is 8.65. The number of nitrogens with zero attached hydrogens (tertiary/aromatic N) is 3. The minimum absolute atomic E-state index is 0.108. The lowest BCUT2D eigenvalue weighted by atomic mass is 10.2. The molecule has 2 heterocycles. The number of rotatable bonds is 4. The highest BCUT2D eigenvalue weighted by atomic mass is 35.5. The van der Waals surface area contributed by atoms with E-state index in [-0.39, 0.29) is 5.69 Å². The van der Waals surface area contributed by atoms with Crippen molar-refractivity contribution in [2.24, 2.45) is 5.84 Å². The zero-order valence-corrected chi connectivity index (χ0v) is 14.1. The lowest BCUT2D eigenvalue weighted by Crippen LogP contribution is -2.30. The molecule has 24 heavy (non-hydrogen) atoms. The van der Waals surface area contributed by atoms with E-state index in [2.05, 4.69) is 15.5 Å². The molecule has 3 aromatic rings. The predicted molar refractivity (Wildman–Crippen MR) is 91.3 cm³/mol. The number of pyridine rings is 1. The van der Waals surface area contributed by atoms with Crippen LogP contribution in [-0.4, -0.2) is 27.8 Å². The number of fused-ring (bicyclic) bond motifs is 1. The Balaban J connectivity index is 2.12. The molecule has 7 nitrogen and oxygen atoms in total. The van der Waals surface area contributed by atoms with Gasteiger partial charge in [0.1, 0.15) is 5.52 Å². The van der Waals surface area contributed by atoms with Crippen LogP contribution in [0.25, 0.3) is 11.0 Å². The van der Waals surface area contributed by atoms with Gasteiger partial charge in [0.05, 0.1) is 19.2 Å². The van der Waals surface area contributed by atoms with Crippen LogP contribution in [0.4, 0.5) is 0 Å². The normalized spacial score (nSPS) is 10.8. The summed E-state index contributed by atoms with van der Waals surface area (Å²) in [6.07, 6.45) is 0. The summed E-state index contributed by atoms with van der Waals surface area (Å²) in [7, 11) is 1.49. The lowest BCUT2D eigenvalue weighted by Gasteiger charge is -2.06.